The summed E-state index contributed by atoms with van der Waals surface area (Å²) in [5.74, 6) is -0.0834. The second-order valence-corrected chi connectivity index (χ2v) is 6.79. The number of halogens is 1. The van der Waals surface area contributed by atoms with Gasteiger partial charge in [-0.15, -0.1) is 0 Å². The SMILES string of the molecule is O=C(c1ccccc1)N1N=C(c2cc(Cl)ccc2O)C[C@@H]1c1ccccc1. The van der Waals surface area contributed by atoms with Crippen molar-refractivity contribution in [1.29, 1.82) is 0 Å². The maximum absolute atomic E-state index is 13.1. The Hall–Kier alpha value is -3.11. The summed E-state index contributed by atoms with van der Waals surface area (Å²) in [6, 6.07) is 23.4. The summed E-state index contributed by atoms with van der Waals surface area (Å²) in [6.07, 6.45) is 0.497. The molecule has 0 saturated carbocycles. The number of nitrogens with zero attached hydrogens (tertiary/aromatic N) is 2. The van der Waals surface area contributed by atoms with Crippen molar-refractivity contribution in [2.75, 3.05) is 0 Å². The highest BCUT2D eigenvalue weighted by Crippen LogP contribution is 2.36. The van der Waals surface area contributed by atoms with Gasteiger partial charge in [-0.1, -0.05) is 60.1 Å². The molecular weight excluding hydrogens is 360 g/mol. The van der Waals surface area contributed by atoms with Crippen molar-refractivity contribution in [2.24, 2.45) is 5.10 Å². The number of carbonyl (C=O) groups excluding carboxylic acids is 1. The van der Waals surface area contributed by atoms with E-state index in [1.54, 1.807) is 30.3 Å². The fourth-order valence-corrected chi connectivity index (χ4v) is 3.42. The van der Waals surface area contributed by atoms with Crippen LogP contribution in [0.1, 0.15) is 33.9 Å². The standard InChI is InChI=1S/C22H17ClN2O2/c23-17-11-12-21(26)18(13-17)19-14-20(15-7-3-1-4-8-15)25(24-19)22(27)16-9-5-2-6-10-16/h1-13,20,26H,14H2/t20-/m1/s1. The monoisotopic (exact) mass is 376 g/mol. The summed E-state index contributed by atoms with van der Waals surface area (Å²) in [4.78, 5) is 13.1. The van der Waals surface area contributed by atoms with Crippen molar-refractivity contribution in [3.05, 3.63) is 101 Å². The van der Waals surface area contributed by atoms with E-state index in [0.29, 0.717) is 28.3 Å². The fraction of sp³-hybridized carbons (Fsp3) is 0.0909. The van der Waals surface area contributed by atoms with E-state index in [1.165, 1.54) is 5.01 Å². The predicted molar refractivity (Wildman–Crippen MR) is 106 cm³/mol. The van der Waals surface area contributed by atoms with Crippen LogP contribution >= 0.6 is 11.6 Å². The lowest BCUT2D eigenvalue weighted by Gasteiger charge is -2.22. The molecule has 5 heteroatoms. The lowest BCUT2D eigenvalue weighted by atomic mass is 9.97. The highest BCUT2D eigenvalue weighted by atomic mass is 35.5. The van der Waals surface area contributed by atoms with E-state index < -0.39 is 0 Å². The average Bonchev–Trinajstić information content (AvgIpc) is 3.16. The van der Waals surface area contributed by atoms with Crippen molar-refractivity contribution < 1.29 is 9.90 Å². The number of phenolic OH excluding ortho intramolecular Hbond substituents is 1. The van der Waals surface area contributed by atoms with Crippen molar-refractivity contribution in [1.82, 2.24) is 5.01 Å². The summed E-state index contributed by atoms with van der Waals surface area (Å²) in [7, 11) is 0. The highest BCUT2D eigenvalue weighted by Gasteiger charge is 2.34. The zero-order valence-electron chi connectivity index (χ0n) is 14.4. The number of aromatic hydroxyl groups is 1. The Balaban J connectivity index is 1.77. The van der Waals surface area contributed by atoms with E-state index in [4.69, 9.17) is 11.6 Å². The topological polar surface area (TPSA) is 52.9 Å². The molecule has 1 heterocycles. The largest absolute Gasteiger partial charge is 0.507 e. The van der Waals surface area contributed by atoms with Gasteiger partial charge in [0.2, 0.25) is 0 Å². The van der Waals surface area contributed by atoms with E-state index in [1.807, 2.05) is 48.5 Å². The first-order chi connectivity index (χ1) is 13.1. The highest BCUT2D eigenvalue weighted by molar-refractivity contribution is 6.31. The van der Waals surface area contributed by atoms with Gasteiger partial charge >= 0.3 is 0 Å². The van der Waals surface area contributed by atoms with Crippen LogP contribution in [0.25, 0.3) is 0 Å². The van der Waals surface area contributed by atoms with Crippen LogP contribution in [0.5, 0.6) is 5.75 Å². The molecule has 0 bridgehead atoms. The van der Waals surface area contributed by atoms with Crippen molar-refractivity contribution in [3.8, 4) is 5.75 Å². The lowest BCUT2D eigenvalue weighted by Crippen LogP contribution is -2.27. The number of rotatable bonds is 3. The first-order valence-electron chi connectivity index (χ1n) is 8.63. The van der Waals surface area contributed by atoms with Crippen molar-refractivity contribution in [3.63, 3.8) is 0 Å². The van der Waals surface area contributed by atoms with Crippen LogP contribution in [-0.4, -0.2) is 21.7 Å². The quantitative estimate of drug-likeness (QED) is 0.696. The van der Waals surface area contributed by atoms with Crippen LogP contribution < -0.4 is 0 Å². The third-order valence-corrected chi connectivity index (χ3v) is 4.83. The number of amides is 1. The Kier molecular flexibility index (Phi) is 4.65. The summed E-state index contributed by atoms with van der Waals surface area (Å²) >= 11 is 6.10. The molecule has 1 amide bonds. The molecule has 134 valence electrons. The van der Waals surface area contributed by atoms with Crippen LogP contribution in [-0.2, 0) is 0 Å². The van der Waals surface area contributed by atoms with Gasteiger partial charge in [-0.25, -0.2) is 5.01 Å². The number of hydrogen-bond donors (Lipinski definition) is 1. The van der Waals surface area contributed by atoms with E-state index in [9.17, 15) is 9.90 Å². The molecule has 27 heavy (non-hydrogen) atoms. The number of hydrazone groups is 1. The third-order valence-electron chi connectivity index (χ3n) is 4.59. The molecule has 0 aromatic heterocycles. The van der Waals surface area contributed by atoms with Crippen LogP contribution in [0, 0.1) is 0 Å². The average molecular weight is 377 g/mol. The minimum atomic E-state index is -0.243. The van der Waals surface area contributed by atoms with Gasteiger partial charge in [-0.05, 0) is 35.9 Å². The van der Waals surface area contributed by atoms with Gasteiger partial charge in [0.25, 0.3) is 5.91 Å². The van der Waals surface area contributed by atoms with Gasteiger partial charge in [-0.3, -0.25) is 4.79 Å². The Morgan fingerprint density at radius 1 is 1.00 bits per heavy atom. The van der Waals surface area contributed by atoms with Gasteiger partial charge in [0.15, 0.2) is 0 Å². The minimum Gasteiger partial charge on any atom is -0.507 e. The molecule has 3 aromatic carbocycles. The second-order valence-electron chi connectivity index (χ2n) is 6.35. The fourth-order valence-electron chi connectivity index (χ4n) is 3.25. The molecule has 1 atom stereocenters. The zero-order valence-corrected chi connectivity index (χ0v) is 15.2. The van der Waals surface area contributed by atoms with Crippen molar-refractivity contribution in [2.45, 2.75) is 12.5 Å². The molecule has 3 aromatic rings. The molecule has 0 unspecified atom stereocenters. The van der Waals surface area contributed by atoms with E-state index in [2.05, 4.69) is 5.10 Å². The number of phenols is 1. The van der Waals surface area contributed by atoms with Gasteiger partial charge in [0.05, 0.1) is 11.8 Å². The molecule has 1 aliphatic rings. The van der Waals surface area contributed by atoms with Gasteiger partial charge in [0, 0.05) is 22.6 Å². The molecule has 1 aliphatic heterocycles. The first-order valence-corrected chi connectivity index (χ1v) is 9.01. The molecule has 0 radical (unpaired) electrons. The van der Waals surface area contributed by atoms with E-state index >= 15 is 0 Å². The minimum absolute atomic E-state index is 0.0963. The smallest absolute Gasteiger partial charge is 0.274 e. The lowest BCUT2D eigenvalue weighted by molar-refractivity contribution is 0.0711. The molecule has 0 saturated heterocycles. The Morgan fingerprint density at radius 3 is 2.37 bits per heavy atom. The van der Waals surface area contributed by atoms with Crippen LogP contribution in [0.4, 0.5) is 0 Å². The number of carbonyl (C=O) groups is 1. The Labute approximate surface area is 162 Å². The predicted octanol–water partition coefficient (Wildman–Crippen LogP) is 5.04. The molecule has 4 nitrogen and oxygen atoms in total. The molecule has 4 rings (SSSR count). The van der Waals surface area contributed by atoms with Gasteiger partial charge in [0.1, 0.15) is 5.75 Å². The maximum Gasteiger partial charge on any atom is 0.274 e. The van der Waals surface area contributed by atoms with Gasteiger partial charge < -0.3 is 5.11 Å². The van der Waals surface area contributed by atoms with Crippen LogP contribution in [0.15, 0.2) is 84.0 Å². The summed E-state index contributed by atoms with van der Waals surface area (Å²) in [5.41, 5.74) is 2.74. The molecule has 0 spiro atoms. The zero-order chi connectivity index (χ0) is 18.8. The van der Waals surface area contributed by atoms with Crippen LogP contribution in [0.3, 0.4) is 0 Å². The molecule has 0 aliphatic carbocycles. The number of hydrogen-bond acceptors (Lipinski definition) is 3. The summed E-state index contributed by atoms with van der Waals surface area (Å²) in [5, 5.41) is 16.8. The summed E-state index contributed by atoms with van der Waals surface area (Å²) in [6.45, 7) is 0. The van der Waals surface area contributed by atoms with Crippen molar-refractivity contribution >= 4 is 23.2 Å². The summed E-state index contributed by atoms with van der Waals surface area (Å²) < 4.78 is 0. The molecular formula is C22H17ClN2O2. The van der Waals surface area contributed by atoms with Crippen LogP contribution in [0.2, 0.25) is 5.02 Å². The number of benzene rings is 3. The van der Waals surface area contributed by atoms with Gasteiger partial charge in [-0.2, -0.15) is 5.10 Å². The molecule has 1 N–H and O–H groups in total. The molecule has 0 fully saturated rings. The Morgan fingerprint density at radius 2 is 1.67 bits per heavy atom. The normalized spacial score (nSPS) is 16.3. The second kappa shape index (κ2) is 7.25. The van der Waals surface area contributed by atoms with E-state index in [0.717, 1.165) is 5.56 Å². The first kappa shape index (κ1) is 17.3. The van der Waals surface area contributed by atoms with E-state index in [-0.39, 0.29) is 17.7 Å². The Bertz CT molecular complexity index is 1000. The third kappa shape index (κ3) is 3.44. The maximum atomic E-state index is 13.1.